The molecule has 26 heavy (non-hydrogen) atoms. The van der Waals surface area contributed by atoms with Crippen LogP contribution in [0.25, 0.3) is 5.69 Å². The first-order valence-corrected chi connectivity index (χ1v) is 8.78. The highest BCUT2D eigenvalue weighted by molar-refractivity contribution is 5.43. The van der Waals surface area contributed by atoms with Gasteiger partial charge in [0.2, 0.25) is 0 Å². The van der Waals surface area contributed by atoms with Gasteiger partial charge in [0.15, 0.2) is 5.82 Å². The summed E-state index contributed by atoms with van der Waals surface area (Å²) >= 11 is 0. The molecule has 3 aromatic rings. The maximum Gasteiger partial charge on any atom is 0.175 e. The molecule has 4 rings (SSSR count). The van der Waals surface area contributed by atoms with Crippen LogP contribution in [0.1, 0.15) is 35.6 Å². The van der Waals surface area contributed by atoms with Crippen molar-refractivity contribution in [3.63, 3.8) is 0 Å². The van der Waals surface area contributed by atoms with Crippen molar-refractivity contribution in [2.45, 2.75) is 32.8 Å². The Hall–Kier alpha value is -3.13. The van der Waals surface area contributed by atoms with Crippen molar-refractivity contribution in [3.8, 4) is 23.8 Å². The van der Waals surface area contributed by atoms with Crippen LogP contribution in [0.2, 0.25) is 0 Å². The van der Waals surface area contributed by atoms with E-state index in [0.29, 0.717) is 6.61 Å². The minimum absolute atomic E-state index is 0.335. The number of rotatable bonds is 6. The highest BCUT2D eigenvalue weighted by Crippen LogP contribution is 2.32. The summed E-state index contributed by atoms with van der Waals surface area (Å²) in [6.45, 7) is 2.31. The summed E-state index contributed by atoms with van der Waals surface area (Å²) in [7, 11) is 0. The second-order valence-electron chi connectivity index (χ2n) is 6.64. The quantitative estimate of drug-likeness (QED) is 0.643. The molecule has 0 N–H and O–H groups in total. The van der Waals surface area contributed by atoms with Crippen LogP contribution < -0.4 is 4.74 Å². The number of aromatic nitrogens is 4. The summed E-state index contributed by atoms with van der Waals surface area (Å²) in [4.78, 5) is 4.23. The van der Waals surface area contributed by atoms with Crippen molar-refractivity contribution in [2.75, 3.05) is 0 Å². The molecule has 1 aliphatic carbocycles. The fourth-order valence-corrected chi connectivity index (χ4v) is 2.98. The lowest BCUT2D eigenvalue weighted by molar-refractivity contribution is 0.293. The number of hydrogen-bond acceptors (Lipinski definition) is 4. The van der Waals surface area contributed by atoms with Gasteiger partial charge >= 0.3 is 0 Å². The molecule has 1 aromatic carbocycles. The highest BCUT2D eigenvalue weighted by Gasteiger charge is 2.25. The Labute approximate surface area is 153 Å². The average Bonchev–Trinajstić information content (AvgIpc) is 3.39. The zero-order valence-electron chi connectivity index (χ0n) is 14.7. The minimum Gasteiger partial charge on any atom is -0.486 e. The molecule has 0 spiro atoms. The standard InChI is InChI=1S/C21H20N4O/c1-3-17-8-9-19(11-15(17)2)26-14-21-24-23-20(12-16-6-7-16)25(21)18-5-4-10-22-13-18/h1,4-5,8-11,13,16H,6-7,12,14H2,2H3. The molecule has 0 bridgehead atoms. The maximum absolute atomic E-state index is 5.96. The lowest BCUT2D eigenvalue weighted by Crippen LogP contribution is -2.09. The van der Waals surface area contributed by atoms with Crippen molar-refractivity contribution in [1.29, 1.82) is 0 Å². The van der Waals surface area contributed by atoms with Crippen LogP contribution >= 0.6 is 0 Å². The number of benzene rings is 1. The normalized spacial score (nSPS) is 13.4. The highest BCUT2D eigenvalue weighted by atomic mass is 16.5. The lowest BCUT2D eigenvalue weighted by atomic mass is 10.1. The van der Waals surface area contributed by atoms with Gasteiger partial charge < -0.3 is 4.74 Å². The van der Waals surface area contributed by atoms with Crippen LogP contribution in [0.4, 0.5) is 0 Å². The molecule has 2 aromatic heterocycles. The van der Waals surface area contributed by atoms with Crippen LogP contribution in [0.3, 0.4) is 0 Å². The Morgan fingerprint density at radius 3 is 2.77 bits per heavy atom. The zero-order valence-corrected chi connectivity index (χ0v) is 14.7. The van der Waals surface area contributed by atoms with Crippen molar-refractivity contribution in [1.82, 2.24) is 19.7 Å². The van der Waals surface area contributed by atoms with Crippen LogP contribution in [0, 0.1) is 25.2 Å². The van der Waals surface area contributed by atoms with E-state index in [0.717, 1.165) is 46.6 Å². The van der Waals surface area contributed by atoms with E-state index >= 15 is 0 Å². The summed E-state index contributed by atoms with van der Waals surface area (Å²) in [6.07, 6.45) is 12.6. The molecule has 1 saturated carbocycles. The van der Waals surface area contributed by atoms with Gasteiger partial charge in [0.25, 0.3) is 0 Å². The molecule has 1 fully saturated rings. The third kappa shape index (κ3) is 3.45. The minimum atomic E-state index is 0.335. The van der Waals surface area contributed by atoms with Gasteiger partial charge in [0.1, 0.15) is 18.2 Å². The van der Waals surface area contributed by atoms with Crippen molar-refractivity contribution in [2.24, 2.45) is 5.92 Å². The van der Waals surface area contributed by atoms with Gasteiger partial charge in [-0.25, -0.2) is 0 Å². The number of aryl methyl sites for hydroxylation is 1. The first-order valence-electron chi connectivity index (χ1n) is 8.78. The molecule has 0 unspecified atom stereocenters. The fraction of sp³-hybridized carbons (Fsp3) is 0.286. The monoisotopic (exact) mass is 344 g/mol. The SMILES string of the molecule is C#Cc1ccc(OCc2nnc(CC3CC3)n2-c2cccnc2)cc1C. The summed E-state index contributed by atoms with van der Waals surface area (Å²) in [6, 6.07) is 9.67. The maximum atomic E-state index is 5.96. The molecular formula is C21H20N4O. The first-order chi connectivity index (χ1) is 12.7. The van der Waals surface area contributed by atoms with E-state index in [1.165, 1.54) is 12.8 Å². The second kappa shape index (κ2) is 7.01. The van der Waals surface area contributed by atoms with Gasteiger partial charge in [-0.1, -0.05) is 5.92 Å². The Morgan fingerprint density at radius 2 is 2.08 bits per heavy atom. The number of pyridine rings is 1. The summed E-state index contributed by atoms with van der Waals surface area (Å²) in [5.74, 6) is 5.90. The van der Waals surface area contributed by atoms with E-state index in [9.17, 15) is 0 Å². The number of ether oxygens (including phenoxy) is 1. The lowest BCUT2D eigenvalue weighted by Gasteiger charge is -2.11. The summed E-state index contributed by atoms with van der Waals surface area (Å²) in [5.41, 5.74) is 2.86. The van der Waals surface area contributed by atoms with E-state index < -0.39 is 0 Å². The van der Waals surface area contributed by atoms with Crippen LogP contribution in [-0.4, -0.2) is 19.7 Å². The van der Waals surface area contributed by atoms with Gasteiger partial charge in [-0.15, -0.1) is 16.6 Å². The molecule has 0 saturated heterocycles. The van der Waals surface area contributed by atoms with Gasteiger partial charge in [0, 0.05) is 18.2 Å². The van der Waals surface area contributed by atoms with Crippen LogP contribution in [0.15, 0.2) is 42.7 Å². The van der Waals surface area contributed by atoms with Gasteiger partial charge in [-0.3, -0.25) is 9.55 Å². The first kappa shape index (κ1) is 16.3. The topological polar surface area (TPSA) is 52.8 Å². The largest absolute Gasteiger partial charge is 0.486 e. The van der Waals surface area contributed by atoms with E-state index in [1.54, 1.807) is 6.20 Å². The summed E-state index contributed by atoms with van der Waals surface area (Å²) < 4.78 is 8.02. The molecule has 5 heteroatoms. The smallest absolute Gasteiger partial charge is 0.175 e. The molecule has 0 aliphatic heterocycles. The van der Waals surface area contributed by atoms with Crippen LogP contribution in [-0.2, 0) is 13.0 Å². The molecule has 0 radical (unpaired) electrons. The Balaban J connectivity index is 1.59. The molecular weight excluding hydrogens is 324 g/mol. The number of hydrogen-bond donors (Lipinski definition) is 0. The molecule has 0 atom stereocenters. The van der Waals surface area contributed by atoms with Crippen molar-refractivity contribution < 1.29 is 4.74 Å². The third-order valence-corrected chi connectivity index (χ3v) is 4.59. The van der Waals surface area contributed by atoms with Crippen molar-refractivity contribution in [3.05, 3.63) is 65.5 Å². The van der Waals surface area contributed by atoms with Gasteiger partial charge in [-0.2, -0.15) is 0 Å². The molecule has 1 aliphatic rings. The summed E-state index contributed by atoms with van der Waals surface area (Å²) in [5, 5.41) is 8.78. The molecule has 2 heterocycles. The Morgan fingerprint density at radius 1 is 1.23 bits per heavy atom. The van der Waals surface area contributed by atoms with Gasteiger partial charge in [0.05, 0.1) is 11.9 Å². The van der Waals surface area contributed by atoms with E-state index in [2.05, 4.69) is 25.7 Å². The molecule has 0 amide bonds. The molecule has 5 nitrogen and oxygen atoms in total. The zero-order chi connectivity index (χ0) is 17.9. The average molecular weight is 344 g/mol. The van der Waals surface area contributed by atoms with Gasteiger partial charge in [-0.05, 0) is 61.6 Å². The number of nitrogens with zero attached hydrogens (tertiary/aromatic N) is 4. The second-order valence-corrected chi connectivity index (χ2v) is 6.64. The predicted octanol–water partition coefficient (Wildman–Crippen LogP) is 3.48. The number of terminal acetylenes is 1. The van der Waals surface area contributed by atoms with Crippen LogP contribution in [0.5, 0.6) is 5.75 Å². The van der Waals surface area contributed by atoms with Crippen molar-refractivity contribution >= 4 is 0 Å². The Kier molecular flexibility index (Phi) is 4.40. The third-order valence-electron chi connectivity index (χ3n) is 4.59. The predicted molar refractivity (Wildman–Crippen MR) is 99.0 cm³/mol. The van der Waals surface area contributed by atoms with E-state index in [1.807, 2.05) is 43.5 Å². The van der Waals surface area contributed by atoms with E-state index in [4.69, 9.17) is 11.2 Å². The molecule has 130 valence electrons. The Bertz CT molecular complexity index is 952. The van der Waals surface area contributed by atoms with E-state index in [-0.39, 0.29) is 0 Å². The fourth-order valence-electron chi connectivity index (χ4n) is 2.98.